The molecule has 0 saturated heterocycles. The van der Waals surface area contributed by atoms with Gasteiger partial charge in [0.2, 0.25) is 5.56 Å². The molecular formula is C21H19ClN2O3S. The third-order valence-electron chi connectivity index (χ3n) is 4.55. The Morgan fingerprint density at radius 2 is 1.93 bits per heavy atom. The van der Waals surface area contributed by atoms with E-state index >= 15 is 0 Å². The van der Waals surface area contributed by atoms with E-state index in [9.17, 15) is 14.7 Å². The molecule has 1 unspecified atom stereocenters. The summed E-state index contributed by atoms with van der Waals surface area (Å²) < 4.78 is 0. The van der Waals surface area contributed by atoms with Crippen molar-refractivity contribution in [3.05, 3.63) is 80.6 Å². The number of hydrogen-bond acceptors (Lipinski definition) is 3. The number of H-pyrrole nitrogens is 1. The number of amides is 1. The van der Waals surface area contributed by atoms with Crippen molar-refractivity contribution >= 4 is 45.7 Å². The van der Waals surface area contributed by atoms with Gasteiger partial charge in [-0.25, -0.2) is 0 Å². The lowest BCUT2D eigenvalue weighted by Crippen LogP contribution is -2.41. The highest BCUT2D eigenvalue weighted by Crippen LogP contribution is 2.22. The van der Waals surface area contributed by atoms with Crippen LogP contribution in [-0.4, -0.2) is 27.1 Å². The second kappa shape index (κ2) is 8.54. The minimum absolute atomic E-state index is 0.200. The lowest BCUT2D eigenvalue weighted by molar-refractivity contribution is 0.0944. The summed E-state index contributed by atoms with van der Waals surface area (Å²) in [6, 6.07) is 12.8. The minimum atomic E-state index is -0.812. The van der Waals surface area contributed by atoms with E-state index < -0.39 is 6.04 Å². The van der Waals surface area contributed by atoms with Crippen molar-refractivity contribution < 1.29 is 9.90 Å². The summed E-state index contributed by atoms with van der Waals surface area (Å²) >= 11 is 10.8. The van der Waals surface area contributed by atoms with Crippen LogP contribution in [0, 0.1) is 0 Å². The van der Waals surface area contributed by atoms with Crippen molar-refractivity contribution in [1.82, 2.24) is 10.3 Å². The molecule has 2 aromatic carbocycles. The zero-order valence-corrected chi connectivity index (χ0v) is 16.7. The lowest BCUT2D eigenvalue weighted by Gasteiger charge is -2.18. The molecule has 5 nitrogen and oxygen atoms in total. The number of nitrogens with one attached hydrogen (secondary N) is 2. The summed E-state index contributed by atoms with van der Waals surface area (Å²) in [4.78, 5) is 27.4. The van der Waals surface area contributed by atoms with Gasteiger partial charge >= 0.3 is 0 Å². The van der Waals surface area contributed by atoms with E-state index in [1.807, 2.05) is 25.1 Å². The van der Waals surface area contributed by atoms with Gasteiger partial charge in [0, 0.05) is 34.0 Å². The van der Waals surface area contributed by atoms with Gasteiger partial charge in [0.05, 0.1) is 0 Å². The molecule has 144 valence electrons. The molecule has 0 saturated carbocycles. The van der Waals surface area contributed by atoms with Gasteiger partial charge in [-0.2, -0.15) is 0 Å². The first-order valence-corrected chi connectivity index (χ1v) is 9.60. The molecule has 0 fully saturated rings. The van der Waals surface area contributed by atoms with Gasteiger partial charge in [-0.15, -0.1) is 0 Å². The summed E-state index contributed by atoms with van der Waals surface area (Å²) in [5.41, 5.74) is 2.65. The SMILES string of the molecule is CCc1cccc2[nH]c(=O)cc(CC(NC(=O)c3ccc(Cl)cc3)C(O)=S)c12. The number of aromatic nitrogens is 1. The van der Waals surface area contributed by atoms with Gasteiger partial charge in [-0.3, -0.25) is 9.59 Å². The standard InChI is InChI=1S/C21H19ClN2O3S/c1-2-12-4-3-5-16-19(12)14(11-18(25)23-16)10-17(21(27)28)24-20(26)13-6-8-15(22)9-7-13/h3-9,11,17H,2,10H2,1H3,(H,23,25)(H,24,26)(H,27,28). The fourth-order valence-electron chi connectivity index (χ4n) is 3.20. The first-order valence-electron chi connectivity index (χ1n) is 8.82. The third kappa shape index (κ3) is 4.40. The van der Waals surface area contributed by atoms with E-state index in [2.05, 4.69) is 10.3 Å². The van der Waals surface area contributed by atoms with Crippen molar-refractivity contribution in [2.75, 3.05) is 0 Å². The predicted molar refractivity (Wildman–Crippen MR) is 116 cm³/mol. The van der Waals surface area contributed by atoms with E-state index in [1.54, 1.807) is 24.3 Å². The maximum atomic E-state index is 12.5. The van der Waals surface area contributed by atoms with Crippen molar-refractivity contribution in [2.45, 2.75) is 25.8 Å². The highest BCUT2D eigenvalue weighted by atomic mass is 35.5. The molecule has 0 radical (unpaired) electrons. The number of aromatic amines is 1. The first kappa shape index (κ1) is 20.0. The zero-order chi connectivity index (χ0) is 20.3. The Labute approximate surface area is 172 Å². The Kier molecular flexibility index (Phi) is 6.11. The van der Waals surface area contributed by atoms with Gasteiger partial charge in [0.25, 0.3) is 5.91 Å². The number of aliphatic hydroxyl groups is 1. The fraction of sp³-hybridized carbons (Fsp3) is 0.190. The number of halogens is 1. The van der Waals surface area contributed by atoms with Crippen LogP contribution in [0.1, 0.15) is 28.4 Å². The van der Waals surface area contributed by atoms with Crippen LogP contribution in [0.4, 0.5) is 0 Å². The zero-order valence-electron chi connectivity index (χ0n) is 15.2. The highest BCUT2D eigenvalue weighted by molar-refractivity contribution is 7.80. The highest BCUT2D eigenvalue weighted by Gasteiger charge is 2.20. The molecule has 28 heavy (non-hydrogen) atoms. The molecule has 1 amide bonds. The van der Waals surface area contributed by atoms with Gasteiger partial charge < -0.3 is 15.4 Å². The lowest BCUT2D eigenvalue weighted by atomic mass is 9.96. The van der Waals surface area contributed by atoms with Gasteiger partial charge in [-0.05, 0) is 60.1 Å². The van der Waals surface area contributed by atoms with Crippen LogP contribution >= 0.6 is 23.8 Å². The van der Waals surface area contributed by atoms with Crippen LogP contribution < -0.4 is 10.9 Å². The molecule has 1 aromatic heterocycles. The number of fused-ring (bicyclic) bond motifs is 1. The molecule has 3 rings (SSSR count). The van der Waals surface area contributed by atoms with Crippen LogP contribution in [0.15, 0.2) is 53.3 Å². The molecule has 0 aliphatic carbocycles. The second-order valence-corrected chi connectivity index (χ2v) is 7.28. The third-order valence-corrected chi connectivity index (χ3v) is 5.09. The van der Waals surface area contributed by atoms with Crippen molar-refractivity contribution in [3.63, 3.8) is 0 Å². The summed E-state index contributed by atoms with van der Waals surface area (Å²) in [5, 5.41) is 13.8. The summed E-state index contributed by atoms with van der Waals surface area (Å²) in [6.07, 6.45) is 0.980. The van der Waals surface area contributed by atoms with Crippen molar-refractivity contribution in [3.8, 4) is 0 Å². The van der Waals surface area contributed by atoms with Gasteiger partial charge in [-0.1, -0.05) is 30.7 Å². The Morgan fingerprint density at radius 3 is 2.57 bits per heavy atom. The number of carbonyl (C=O) groups excluding carboxylic acids is 1. The smallest absolute Gasteiger partial charge is 0.251 e. The Morgan fingerprint density at radius 1 is 1.21 bits per heavy atom. The largest absolute Gasteiger partial charge is 0.500 e. The average Bonchev–Trinajstić information content (AvgIpc) is 2.66. The molecule has 3 N–H and O–H groups in total. The first-order chi connectivity index (χ1) is 13.4. The molecule has 1 atom stereocenters. The molecule has 7 heteroatoms. The minimum Gasteiger partial charge on any atom is -0.500 e. The molecule has 0 bridgehead atoms. The summed E-state index contributed by atoms with van der Waals surface area (Å²) in [5.74, 6) is -0.386. The number of pyridine rings is 1. The van der Waals surface area contributed by atoms with E-state index in [-0.39, 0.29) is 22.9 Å². The van der Waals surface area contributed by atoms with E-state index in [1.165, 1.54) is 6.07 Å². The number of rotatable bonds is 6. The molecule has 0 aliphatic heterocycles. The fourth-order valence-corrected chi connectivity index (χ4v) is 3.47. The topological polar surface area (TPSA) is 82.2 Å². The van der Waals surface area contributed by atoms with E-state index in [0.29, 0.717) is 21.7 Å². The molecule has 0 spiro atoms. The Bertz CT molecular complexity index is 1090. The summed E-state index contributed by atoms with van der Waals surface area (Å²) in [7, 11) is 0. The van der Waals surface area contributed by atoms with Gasteiger partial charge in [0.1, 0.15) is 6.04 Å². The number of aryl methyl sites for hydroxylation is 1. The van der Waals surface area contributed by atoms with Crippen molar-refractivity contribution in [1.29, 1.82) is 0 Å². The van der Waals surface area contributed by atoms with Crippen LogP contribution in [0.25, 0.3) is 10.9 Å². The van der Waals surface area contributed by atoms with Crippen LogP contribution in [0.2, 0.25) is 5.02 Å². The number of carbonyl (C=O) groups is 1. The van der Waals surface area contributed by atoms with Crippen LogP contribution in [0.5, 0.6) is 0 Å². The second-order valence-electron chi connectivity index (χ2n) is 6.43. The number of hydrogen-bond donors (Lipinski definition) is 3. The molecular weight excluding hydrogens is 396 g/mol. The normalized spacial score (nSPS) is 11.9. The monoisotopic (exact) mass is 414 g/mol. The maximum absolute atomic E-state index is 12.5. The predicted octanol–water partition coefficient (Wildman–Crippen LogP) is 3.97. The van der Waals surface area contributed by atoms with Crippen molar-refractivity contribution in [2.24, 2.45) is 0 Å². The van der Waals surface area contributed by atoms with Gasteiger partial charge in [0.15, 0.2) is 5.05 Å². The molecule has 3 aromatic rings. The number of thiocarbonyl (C=S) groups is 1. The van der Waals surface area contributed by atoms with Crippen LogP contribution in [0.3, 0.4) is 0 Å². The number of aliphatic hydroxyl groups excluding tert-OH is 1. The maximum Gasteiger partial charge on any atom is 0.251 e. The van der Waals surface area contributed by atoms with Crippen LogP contribution in [-0.2, 0) is 12.8 Å². The number of benzene rings is 2. The summed E-state index contributed by atoms with van der Waals surface area (Å²) in [6.45, 7) is 2.03. The molecule has 0 aliphatic rings. The average molecular weight is 415 g/mol. The Balaban J connectivity index is 1.95. The van der Waals surface area contributed by atoms with E-state index in [0.717, 1.165) is 17.4 Å². The Hall–Kier alpha value is -2.70. The quantitative estimate of drug-likeness (QED) is 0.533. The van der Waals surface area contributed by atoms with E-state index in [4.69, 9.17) is 23.8 Å². The molecule has 1 heterocycles.